The maximum Gasteiger partial charge on any atom is 0.0591 e. The number of terminal acetylenes is 1. The zero-order valence-corrected chi connectivity index (χ0v) is 6.96. The molecule has 0 bridgehead atoms. The van der Waals surface area contributed by atoms with Crippen molar-refractivity contribution in [1.29, 1.82) is 0 Å². The fourth-order valence-electron chi connectivity index (χ4n) is 0.964. The third kappa shape index (κ3) is 1.64. The van der Waals surface area contributed by atoms with E-state index in [2.05, 4.69) is 23.2 Å². The molecule has 0 fully saturated rings. The molecule has 0 aliphatic heterocycles. The van der Waals surface area contributed by atoms with Crippen LogP contribution in [-0.2, 0) is 0 Å². The Morgan fingerprint density at radius 3 is 2.83 bits per heavy atom. The number of hydrogen-bond donors (Lipinski definition) is 1. The fraction of sp³-hybridized carbons (Fsp3) is 0.100. The smallest absolute Gasteiger partial charge is 0.0591 e. The van der Waals surface area contributed by atoms with Crippen LogP contribution >= 0.6 is 0 Å². The lowest BCUT2D eigenvalue weighted by Crippen LogP contribution is -1.90. The quantitative estimate of drug-likeness (QED) is 0.397. The fourth-order valence-corrected chi connectivity index (χ4v) is 0.964. The molecule has 0 saturated heterocycles. The van der Waals surface area contributed by atoms with Gasteiger partial charge in [0.1, 0.15) is 0 Å². The molecule has 1 rings (SSSR count). The van der Waals surface area contributed by atoms with Crippen LogP contribution in [0.15, 0.2) is 23.3 Å². The summed E-state index contributed by atoms with van der Waals surface area (Å²) in [5.74, 6) is 2.56. The number of hydrogen-bond acceptors (Lipinski definition) is 2. The van der Waals surface area contributed by atoms with E-state index in [1.54, 1.807) is 0 Å². The van der Waals surface area contributed by atoms with Gasteiger partial charge >= 0.3 is 0 Å². The molecule has 0 aliphatic rings. The van der Waals surface area contributed by atoms with Crippen LogP contribution in [0.5, 0.6) is 0 Å². The first kappa shape index (κ1) is 8.35. The highest BCUT2D eigenvalue weighted by Gasteiger charge is 1.95. The van der Waals surface area contributed by atoms with E-state index in [1.165, 1.54) is 0 Å². The molecule has 1 N–H and O–H groups in total. The zero-order valence-electron chi connectivity index (χ0n) is 6.96. The first-order valence-corrected chi connectivity index (χ1v) is 3.57. The average molecular weight is 158 g/mol. The van der Waals surface area contributed by atoms with E-state index >= 15 is 0 Å². The third-order valence-corrected chi connectivity index (χ3v) is 1.59. The van der Waals surface area contributed by atoms with Gasteiger partial charge in [-0.3, -0.25) is 5.43 Å². The SMILES string of the molecule is C#Cc1ccc(NN=C)c(C)c1. The molecule has 2 nitrogen and oxygen atoms in total. The number of nitrogens with one attached hydrogen (secondary N) is 1. The Kier molecular flexibility index (Phi) is 2.49. The maximum absolute atomic E-state index is 5.24. The van der Waals surface area contributed by atoms with E-state index in [4.69, 9.17) is 6.42 Å². The summed E-state index contributed by atoms with van der Waals surface area (Å²) in [5, 5.41) is 3.57. The molecule has 0 radical (unpaired) electrons. The van der Waals surface area contributed by atoms with Crippen LogP contribution < -0.4 is 5.43 Å². The highest BCUT2D eigenvalue weighted by atomic mass is 15.3. The van der Waals surface area contributed by atoms with Crippen LogP contribution in [0.2, 0.25) is 0 Å². The van der Waals surface area contributed by atoms with Crippen molar-refractivity contribution in [2.75, 3.05) is 5.43 Å². The van der Waals surface area contributed by atoms with Gasteiger partial charge in [0.15, 0.2) is 0 Å². The number of aryl methyl sites for hydroxylation is 1. The number of benzene rings is 1. The first-order chi connectivity index (χ1) is 5.77. The second kappa shape index (κ2) is 3.59. The number of anilines is 1. The Morgan fingerprint density at radius 1 is 1.58 bits per heavy atom. The van der Waals surface area contributed by atoms with Gasteiger partial charge in [-0.05, 0) is 30.7 Å². The molecule has 0 atom stereocenters. The van der Waals surface area contributed by atoms with Gasteiger partial charge in [0, 0.05) is 12.3 Å². The van der Waals surface area contributed by atoms with E-state index in [-0.39, 0.29) is 0 Å². The van der Waals surface area contributed by atoms with Gasteiger partial charge in [-0.25, -0.2) is 0 Å². The minimum Gasteiger partial charge on any atom is -0.279 e. The molecular formula is C10H10N2. The lowest BCUT2D eigenvalue weighted by molar-refractivity contribution is 1.32. The van der Waals surface area contributed by atoms with Gasteiger partial charge in [-0.15, -0.1) is 6.42 Å². The summed E-state index contributed by atoms with van der Waals surface area (Å²) < 4.78 is 0. The molecule has 0 spiro atoms. The standard InChI is InChI=1S/C10H10N2/c1-4-9-5-6-10(12-11-3)8(2)7-9/h1,5-7,12H,3H2,2H3. The molecule has 60 valence electrons. The number of hydrazone groups is 1. The van der Waals surface area contributed by atoms with E-state index in [0.717, 1.165) is 16.8 Å². The monoisotopic (exact) mass is 158 g/mol. The molecule has 0 unspecified atom stereocenters. The van der Waals surface area contributed by atoms with Crippen molar-refractivity contribution < 1.29 is 0 Å². The van der Waals surface area contributed by atoms with Crippen LogP contribution in [0.4, 0.5) is 5.69 Å². The Morgan fingerprint density at radius 2 is 2.33 bits per heavy atom. The average Bonchev–Trinajstić information content (AvgIpc) is 2.09. The highest BCUT2D eigenvalue weighted by Crippen LogP contribution is 2.15. The van der Waals surface area contributed by atoms with Crippen molar-refractivity contribution in [3.63, 3.8) is 0 Å². The number of nitrogens with zero attached hydrogens (tertiary/aromatic N) is 1. The summed E-state index contributed by atoms with van der Waals surface area (Å²) in [6.45, 7) is 5.30. The molecule has 0 amide bonds. The minimum atomic E-state index is 0.877. The van der Waals surface area contributed by atoms with E-state index < -0.39 is 0 Å². The summed E-state index contributed by atoms with van der Waals surface area (Å²) in [4.78, 5) is 0. The number of rotatable bonds is 2. The van der Waals surface area contributed by atoms with Crippen LogP contribution in [0, 0.1) is 19.3 Å². The first-order valence-electron chi connectivity index (χ1n) is 3.57. The minimum absolute atomic E-state index is 0.877. The molecule has 0 aliphatic carbocycles. The summed E-state index contributed by atoms with van der Waals surface area (Å²) in [5.41, 5.74) is 5.65. The van der Waals surface area contributed by atoms with Gasteiger partial charge in [0.25, 0.3) is 0 Å². The summed E-state index contributed by atoms with van der Waals surface area (Å²) in [7, 11) is 0. The topological polar surface area (TPSA) is 24.4 Å². The van der Waals surface area contributed by atoms with Gasteiger partial charge in [-0.2, -0.15) is 5.10 Å². The van der Waals surface area contributed by atoms with Crippen molar-refractivity contribution in [1.82, 2.24) is 0 Å². The molecular weight excluding hydrogens is 148 g/mol. The molecule has 12 heavy (non-hydrogen) atoms. The largest absolute Gasteiger partial charge is 0.279 e. The Hall–Kier alpha value is -1.75. The second-order valence-corrected chi connectivity index (χ2v) is 2.44. The predicted octanol–water partition coefficient (Wildman–Crippen LogP) is 2.00. The van der Waals surface area contributed by atoms with Gasteiger partial charge in [-0.1, -0.05) is 5.92 Å². The van der Waals surface area contributed by atoms with Crippen molar-refractivity contribution in [2.24, 2.45) is 5.10 Å². The second-order valence-electron chi connectivity index (χ2n) is 2.44. The van der Waals surface area contributed by atoms with Crippen molar-refractivity contribution in [2.45, 2.75) is 6.92 Å². The van der Waals surface area contributed by atoms with Crippen LogP contribution in [0.1, 0.15) is 11.1 Å². The van der Waals surface area contributed by atoms with Crippen LogP contribution in [-0.4, -0.2) is 6.72 Å². The Bertz CT molecular complexity index is 334. The molecule has 0 saturated carbocycles. The van der Waals surface area contributed by atoms with Crippen LogP contribution in [0.3, 0.4) is 0 Å². The zero-order chi connectivity index (χ0) is 8.97. The van der Waals surface area contributed by atoms with Crippen molar-refractivity contribution in [3.05, 3.63) is 29.3 Å². The van der Waals surface area contributed by atoms with Gasteiger partial charge in [0.05, 0.1) is 5.69 Å². The molecule has 2 heteroatoms. The Labute approximate surface area is 72.3 Å². The highest BCUT2D eigenvalue weighted by molar-refractivity contribution is 5.54. The third-order valence-electron chi connectivity index (χ3n) is 1.59. The molecule has 1 aromatic carbocycles. The summed E-state index contributed by atoms with van der Waals surface area (Å²) >= 11 is 0. The van der Waals surface area contributed by atoms with Crippen molar-refractivity contribution in [3.8, 4) is 12.3 Å². The molecule has 0 heterocycles. The Balaban J connectivity index is 3.04. The van der Waals surface area contributed by atoms with Crippen molar-refractivity contribution >= 4 is 12.4 Å². The lowest BCUT2D eigenvalue weighted by atomic mass is 10.1. The summed E-state index contributed by atoms with van der Waals surface area (Å²) in [6, 6.07) is 5.67. The molecule has 0 aromatic heterocycles. The van der Waals surface area contributed by atoms with E-state index in [9.17, 15) is 0 Å². The predicted molar refractivity (Wildman–Crippen MR) is 52.3 cm³/mol. The van der Waals surface area contributed by atoms with Gasteiger partial charge in [0.2, 0.25) is 0 Å². The van der Waals surface area contributed by atoms with E-state index in [1.807, 2.05) is 25.1 Å². The van der Waals surface area contributed by atoms with Gasteiger partial charge < -0.3 is 0 Å². The molecule has 1 aromatic rings. The summed E-state index contributed by atoms with van der Waals surface area (Å²) in [6.07, 6.45) is 5.24. The normalized spacial score (nSPS) is 8.67. The van der Waals surface area contributed by atoms with E-state index in [0.29, 0.717) is 0 Å². The van der Waals surface area contributed by atoms with Crippen LogP contribution in [0.25, 0.3) is 0 Å². The lowest BCUT2D eigenvalue weighted by Gasteiger charge is -2.03. The maximum atomic E-state index is 5.24.